The number of thiazole rings is 1. The smallest absolute Gasteiger partial charge is 0.236 e. The fourth-order valence-corrected chi connectivity index (χ4v) is 3.06. The van der Waals surface area contributed by atoms with Crippen LogP contribution in [0.15, 0.2) is 58.4 Å². The monoisotopic (exact) mass is 383 g/mol. The quantitative estimate of drug-likeness (QED) is 0.508. The van der Waals surface area contributed by atoms with Crippen molar-refractivity contribution in [3.63, 3.8) is 0 Å². The highest BCUT2D eigenvalue weighted by Gasteiger charge is 2.30. The van der Waals surface area contributed by atoms with Gasteiger partial charge in [0.25, 0.3) is 0 Å². The van der Waals surface area contributed by atoms with E-state index in [1.54, 1.807) is 0 Å². The minimum Gasteiger partial charge on any atom is -0.236 e. The van der Waals surface area contributed by atoms with E-state index in [2.05, 4.69) is 20.9 Å². The lowest BCUT2D eigenvalue weighted by molar-refractivity contribution is -0.137. The summed E-state index contributed by atoms with van der Waals surface area (Å²) in [5.74, 6) is 0. The molecule has 0 atom stereocenters. The highest BCUT2D eigenvalue weighted by atomic mass is 79.9. The zero-order valence-electron chi connectivity index (χ0n) is 11.1. The van der Waals surface area contributed by atoms with Crippen molar-refractivity contribution < 1.29 is 13.2 Å². The van der Waals surface area contributed by atoms with Crippen LogP contribution in [0.4, 0.5) is 13.2 Å². The molecule has 1 heterocycles. The van der Waals surface area contributed by atoms with Crippen molar-refractivity contribution in [1.82, 2.24) is 4.98 Å². The van der Waals surface area contributed by atoms with E-state index in [9.17, 15) is 13.2 Å². The summed E-state index contributed by atoms with van der Waals surface area (Å²) in [6.07, 6.45) is -4.32. The summed E-state index contributed by atoms with van der Waals surface area (Å²) in [7, 11) is 0. The lowest BCUT2D eigenvalue weighted by Crippen LogP contribution is -2.03. The molecule has 0 saturated heterocycles. The van der Waals surface area contributed by atoms with Crippen LogP contribution in [0.5, 0.6) is 0 Å². The highest BCUT2D eigenvalue weighted by Crippen LogP contribution is 2.33. The fourth-order valence-electron chi connectivity index (χ4n) is 1.96. The number of hydrogen-bond acceptors (Lipinski definition) is 2. The standard InChI is InChI=1S/C16H9BrF3NS/c17-13-7-3-11(4-8-13)15-21-14(9-22-15)10-1-5-12(6-2-10)16(18,19)20/h1-9H. The van der Waals surface area contributed by atoms with Gasteiger partial charge in [-0.25, -0.2) is 4.98 Å². The molecule has 0 radical (unpaired) electrons. The molecule has 1 aromatic heterocycles. The maximum Gasteiger partial charge on any atom is 0.416 e. The largest absolute Gasteiger partial charge is 0.416 e. The molecular weight excluding hydrogens is 375 g/mol. The van der Waals surface area contributed by atoms with Gasteiger partial charge in [0.15, 0.2) is 0 Å². The molecule has 1 nitrogen and oxygen atoms in total. The van der Waals surface area contributed by atoms with Crippen LogP contribution in [0.2, 0.25) is 0 Å². The van der Waals surface area contributed by atoms with Crippen molar-refractivity contribution in [1.29, 1.82) is 0 Å². The van der Waals surface area contributed by atoms with Gasteiger partial charge in [-0.3, -0.25) is 0 Å². The van der Waals surface area contributed by atoms with Gasteiger partial charge >= 0.3 is 6.18 Å². The van der Waals surface area contributed by atoms with Gasteiger partial charge in [0.2, 0.25) is 0 Å². The van der Waals surface area contributed by atoms with Gasteiger partial charge in [-0.15, -0.1) is 11.3 Å². The molecule has 0 aliphatic rings. The van der Waals surface area contributed by atoms with Crippen molar-refractivity contribution in [2.24, 2.45) is 0 Å². The summed E-state index contributed by atoms with van der Waals surface area (Å²) < 4.78 is 38.7. The third-order valence-corrected chi connectivity index (χ3v) is 4.52. The minimum absolute atomic E-state index is 0.653. The number of benzene rings is 2. The van der Waals surface area contributed by atoms with Crippen LogP contribution in [0, 0.1) is 0 Å². The first-order valence-corrected chi connectivity index (χ1v) is 8.00. The van der Waals surface area contributed by atoms with Crippen molar-refractivity contribution in [2.45, 2.75) is 6.18 Å². The van der Waals surface area contributed by atoms with Gasteiger partial charge in [0.1, 0.15) is 5.01 Å². The van der Waals surface area contributed by atoms with E-state index in [0.717, 1.165) is 27.2 Å². The Balaban J connectivity index is 1.89. The fraction of sp³-hybridized carbons (Fsp3) is 0.0625. The third kappa shape index (κ3) is 3.23. The molecule has 22 heavy (non-hydrogen) atoms. The summed E-state index contributed by atoms with van der Waals surface area (Å²) in [6.45, 7) is 0. The van der Waals surface area contributed by atoms with Gasteiger partial charge in [0, 0.05) is 21.0 Å². The van der Waals surface area contributed by atoms with E-state index < -0.39 is 11.7 Å². The molecule has 3 aromatic rings. The maximum absolute atomic E-state index is 12.6. The maximum atomic E-state index is 12.6. The molecule has 3 rings (SSSR count). The highest BCUT2D eigenvalue weighted by molar-refractivity contribution is 9.10. The summed E-state index contributed by atoms with van der Waals surface area (Å²) in [4.78, 5) is 4.49. The Morgan fingerprint density at radius 3 is 2.05 bits per heavy atom. The first-order chi connectivity index (χ1) is 10.4. The summed E-state index contributed by atoms with van der Waals surface area (Å²) in [6, 6.07) is 12.8. The lowest BCUT2D eigenvalue weighted by Gasteiger charge is -2.06. The molecule has 0 bridgehead atoms. The normalized spacial score (nSPS) is 11.6. The van der Waals surface area contributed by atoms with E-state index in [1.807, 2.05) is 29.6 Å². The SMILES string of the molecule is FC(F)(F)c1ccc(-c2csc(-c3ccc(Br)cc3)n2)cc1. The van der Waals surface area contributed by atoms with Crippen LogP contribution in [-0.2, 0) is 6.18 Å². The minimum atomic E-state index is -4.32. The second-order valence-electron chi connectivity index (χ2n) is 4.62. The Morgan fingerprint density at radius 1 is 0.864 bits per heavy atom. The third-order valence-electron chi connectivity index (χ3n) is 3.10. The Morgan fingerprint density at radius 2 is 1.45 bits per heavy atom. The second-order valence-corrected chi connectivity index (χ2v) is 6.39. The van der Waals surface area contributed by atoms with Crippen molar-refractivity contribution >= 4 is 27.3 Å². The van der Waals surface area contributed by atoms with Crippen LogP contribution in [0.1, 0.15) is 5.56 Å². The summed E-state index contributed by atoms with van der Waals surface area (Å²) in [5, 5.41) is 2.68. The van der Waals surface area contributed by atoms with Gasteiger partial charge in [-0.1, -0.05) is 40.2 Å². The first kappa shape index (κ1) is 15.2. The second kappa shape index (κ2) is 5.85. The molecule has 2 aromatic carbocycles. The topological polar surface area (TPSA) is 12.9 Å². The van der Waals surface area contributed by atoms with E-state index in [-0.39, 0.29) is 0 Å². The first-order valence-electron chi connectivity index (χ1n) is 6.32. The van der Waals surface area contributed by atoms with Crippen LogP contribution in [0.25, 0.3) is 21.8 Å². The number of alkyl halides is 3. The van der Waals surface area contributed by atoms with Crippen LogP contribution < -0.4 is 0 Å². The molecular formula is C16H9BrF3NS. The molecule has 0 spiro atoms. The summed E-state index contributed by atoms with van der Waals surface area (Å²) in [5.41, 5.74) is 1.68. The van der Waals surface area contributed by atoms with Crippen LogP contribution >= 0.6 is 27.3 Å². The van der Waals surface area contributed by atoms with Crippen molar-refractivity contribution in [2.75, 3.05) is 0 Å². The molecule has 0 amide bonds. The predicted octanol–water partition coefficient (Wildman–Crippen LogP) is 6.26. The zero-order chi connectivity index (χ0) is 15.7. The molecule has 112 valence electrons. The molecule has 0 fully saturated rings. The molecule has 0 aliphatic heterocycles. The van der Waals surface area contributed by atoms with Crippen LogP contribution in [0.3, 0.4) is 0 Å². The van der Waals surface area contributed by atoms with Gasteiger partial charge < -0.3 is 0 Å². The van der Waals surface area contributed by atoms with E-state index in [0.29, 0.717) is 11.3 Å². The van der Waals surface area contributed by atoms with E-state index in [1.165, 1.54) is 23.5 Å². The van der Waals surface area contributed by atoms with Gasteiger partial charge in [0.05, 0.1) is 11.3 Å². The number of rotatable bonds is 2. The molecule has 0 unspecified atom stereocenters. The van der Waals surface area contributed by atoms with Crippen molar-refractivity contribution in [3.05, 3.63) is 63.9 Å². The molecule has 0 N–H and O–H groups in total. The Kier molecular flexibility index (Phi) is 4.06. The van der Waals surface area contributed by atoms with Gasteiger partial charge in [-0.05, 0) is 24.3 Å². The number of nitrogens with zero attached hydrogens (tertiary/aromatic N) is 1. The number of hydrogen-bond donors (Lipinski definition) is 0. The number of halogens is 4. The Hall–Kier alpha value is -1.66. The molecule has 0 aliphatic carbocycles. The van der Waals surface area contributed by atoms with E-state index in [4.69, 9.17) is 0 Å². The lowest BCUT2D eigenvalue weighted by atomic mass is 10.1. The van der Waals surface area contributed by atoms with Crippen LogP contribution in [-0.4, -0.2) is 4.98 Å². The summed E-state index contributed by atoms with van der Waals surface area (Å²) >= 11 is 4.84. The average molecular weight is 384 g/mol. The Labute approximate surface area is 137 Å². The zero-order valence-corrected chi connectivity index (χ0v) is 13.5. The average Bonchev–Trinajstić information content (AvgIpc) is 2.97. The van der Waals surface area contributed by atoms with E-state index >= 15 is 0 Å². The predicted molar refractivity (Wildman–Crippen MR) is 85.7 cm³/mol. The number of aromatic nitrogens is 1. The Bertz CT molecular complexity index is 776. The molecule has 6 heteroatoms. The van der Waals surface area contributed by atoms with Gasteiger partial charge in [-0.2, -0.15) is 13.2 Å². The van der Waals surface area contributed by atoms with Crippen molar-refractivity contribution in [3.8, 4) is 21.8 Å². The molecule has 0 saturated carbocycles.